The summed E-state index contributed by atoms with van der Waals surface area (Å²) in [5, 5.41) is 2.88. The summed E-state index contributed by atoms with van der Waals surface area (Å²) in [5.41, 5.74) is 1.09. The zero-order valence-corrected chi connectivity index (χ0v) is 13.8. The number of fused-ring (bicyclic) bond motifs is 1. The third-order valence-corrected chi connectivity index (χ3v) is 5.00. The van der Waals surface area contributed by atoms with E-state index in [2.05, 4.69) is 5.32 Å². The number of carbonyl (C=O) groups excluding carboxylic acids is 3. The quantitative estimate of drug-likeness (QED) is 0.828. The molecule has 3 heterocycles. The van der Waals surface area contributed by atoms with Crippen molar-refractivity contribution >= 4 is 17.8 Å². The first-order valence-corrected chi connectivity index (χ1v) is 8.65. The van der Waals surface area contributed by atoms with Gasteiger partial charge >= 0.3 is 5.97 Å². The van der Waals surface area contributed by atoms with E-state index in [0.29, 0.717) is 24.1 Å². The highest BCUT2D eigenvalue weighted by Crippen LogP contribution is 2.38. The van der Waals surface area contributed by atoms with E-state index in [1.165, 1.54) is 4.90 Å². The molecule has 2 fully saturated rings. The summed E-state index contributed by atoms with van der Waals surface area (Å²) >= 11 is 0. The maximum atomic E-state index is 12.6. The normalized spacial score (nSPS) is 28.2. The van der Waals surface area contributed by atoms with Crippen molar-refractivity contribution in [2.75, 3.05) is 13.2 Å². The van der Waals surface area contributed by atoms with Crippen LogP contribution in [-0.2, 0) is 19.1 Å². The highest BCUT2D eigenvalue weighted by atomic mass is 16.6. The Labute approximate surface area is 145 Å². The van der Waals surface area contributed by atoms with Gasteiger partial charge in [0, 0.05) is 25.1 Å². The van der Waals surface area contributed by atoms with Crippen molar-refractivity contribution < 1.29 is 23.9 Å². The number of likely N-dealkylation sites (tertiary alicyclic amines) is 1. The summed E-state index contributed by atoms with van der Waals surface area (Å²) in [7, 11) is 0. The van der Waals surface area contributed by atoms with Gasteiger partial charge in [0.15, 0.2) is 0 Å². The van der Waals surface area contributed by atoms with Gasteiger partial charge in [0.1, 0.15) is 6.04 Å². The average molecular weight is 344 g/mol. The minimum atomic E-state index is -0.822. The van der Waals surface area contributed by atoms with Crippen molar-refractivity contribution in [1.82, 2.24) is 10.2 Å². The van der Waals surface area contributed by atoms with Crippen molar-refractivity contribution in [1.29, 1.82) is 0 Å². The second-order valence-corrected chi connectivity index (χ2v) is 6.58. The molecule has 2 amide bonds. The molecule has 0 bridgehead atoms. The van der Waals surface area contributed by atoms with Crippen LogP contribution < -0.4 is 5.32 Å². The largest absolute Gasteiger partial charge is 0.433 e. The molecule has 0 radical (unpaired) electrons. The molecule has 2 saturated heterocycles. The van der Waals surface area contributed by atoms with Gasteiger partial charge in [-0.1, -0.05) is 18.2 Å². The minimum Gasteiger partial charge on any atom is -0.433 e. The maximum Gasteiger partial charge on any atom is 0.340 e. The van der Waals surface area contributed by atoms with Gasteiger partial charge in [-0.15, -0.1) is 0 Å². The molecule has 3 aliphatic heterocycles. The molecule has 0 saturated carbocycles. The van der Waals surface area contributed by atoms with E-state index < -0.39 is 18.2 Å². The van der Waals surface area contributed by atoms with Gasteiger partial charge in [-0.3, -0.25) is 14.5 Å². The van der Waals surface area contributed by atoms with Crippen LogP contribution in [0.3, 0.4) is 0 Å². The Morgan fingerprint density at radius 3 is 2.88 bits per heavy atom. The number of hydrogen-bond acceptors (Lipinski definition) is 5. The topological polar surface area (TPSA) is 84.9 Å². The Bertz CT molecular complexity index is 713. The number of carbonyl (C=O) groups is 3. The number of esters is 1. The predicted octanol–water partition coefficient (Wildman–Crippen LogP) is 1.14. The molecular formula is C18H20N2O5. The van der Waals surface area contributed by atoms with Gasteiger partial charge < -0.3 is 14.8 Å². The molecular weight excluding hydrogens is 324 g/mol. The molecule has 132 valence electrons. The summed E-state index contributed by atoms with van der Waals surface area (Å²) < 4.78 is 10.9. The van der Waals surface area contributed by atoms with Crippen LogP contribution in [0.5, 0.6) is 0 Å². The molecule has 4 rings (SSSR count). The monoisotopic (exact) mass is 344 g/mol. The highest BCUT2D eigenvalue weighted by Gasteiger charge is 2.46. The molecule has 0 aliphatic carbocycles. The van der Waals surface area contributed by atoms with Crippen LogP contribution in [0.4, 0.5) is 0 Å². The molecule has 1 aromatic carbocycles. The van der Waals surface area contributed by atoms with Gasteiger partial charge in [-0.2, -0.15) is 0 Å². The zero-order chi connectivity index (χ0) is 17.4. The molecule has 3 atom stereocenters. The second-order valence-electron chi connectivity index (χ2n) is 6.58. The molecule has 1 aromatic rings. The number of cyclic esters (lactones) is 1. The van der Waals surface area contributed by atoms with Gasteiger partial charge in [0.05, 0.1) is 11.7 Å². The number of nitrogens with zero attached hydrogens (tertiary/aromatic N) is 1. The number of nitrogens with one attached hydrogen (secondary N) is 1. The third-order valence-electron chi connectivity index (χ3n) is 5.00. The molecule has 0 unspecified atom stereocenters. The number of benzene rings is 1. The molecule has 1 N–H and O–H groups in total. The standard InChI is InChI=1S/C18H20N2O5/c21-15-8-7-14(16(22)19-10-11-4-3-9-24-11)20(15)17-12-5-1-2-6-13(12)18(23)25-17/h1-2,5-6,11,14,17H,3-4,7-10H2,(H,19,22)/t11-,14-,17-/m1/s1. The third kappa shape index (κ3) is 2.89. The Balaban J connectivity index is 1.50. The highest BCUT2D eigenvalue weighted by molar-refractivity contribution is 5.96. The molecule has 0 spiro atoms. The van der Waals surface area contributed by atoms with Crippen molar-refractivity contribution in [3.8, 4) is 0 Å². The minimum absolute atomic E-state index is 0.0412. The fraction of sp³-hybridized carbons (Fsp3) is 0.500. The van der Waals surface area contributed by atoms with Crippen LogP contribution in [0.2, 0.25) is 0 Å². The summed E-state index contributed by atoms with van der Waals surface area (Å²) in [4.78, 5) is 38.4. The molecule has 3 aliphatic rings. The SMILES string of the molecule is O=C1O[C@@H](N2C(=O)CC[C@@H]2C(=O)NC[C@H]2CCCO2)c2ccccc21. The van der Waals surface area contributed by atoms with Crippen molar-refractivity contribution in [2.24, 2.45) is 0 Å². The number of amides is 2. The molecule has 25 heavy (non-hydrogen) atoms. The first-order chi connectivity index (χ1) is 12.1. The summed E-state index contributed by atoms with van der Waals surface area (Å²) in [6, 6.07) is 6.35. The van der Waals surface area contributed by atoms with Crippen LogP contribution in [-0.4, -0.2) is 48.0 Å². The Morgan fingerprint density at radius 2 is 2.08 bits per heavy atom. The zero-order valence-electron chi connectivity index (χ0n) is 13.8. The van der Waals surface area contributed by atoms with Crippen LogP contribution in [0.1, 0.15) is 47.8 Å². The summed E-state index contributed by atoms with van der Waals surface area (Å²) in [6.07, 6.45) is 1.85. The van der Waals surface area contributed by atoms with Crippen LogP contribution in [0.15, 0.2) is 24.3 Å². The summed E-state index contributed by atoms with van der Waals surface area (Å²) in [5.74, 6) is -0.854. The number of ether oxygens (including phenoxy) is 2. The van der Waals surface area contributed by atoms with Crippen LogP contribution in [0.25, 0.3) is 0 Å². The predicted molar refractivity (Wildman–Crippen MR) is 86.5 cm³/mol. The van der Waals surface area contributed by atoms with Gasteiger partial charge in [0.25, 0.3) is 0 Å². The smallest absolute Gasteiger partial charge is 0.340 e. The first kappa shape index (κ1) is 16.1. The molecule has 0 aromatic heterocycles. The van der Waals surface area contributed by atoms with E-state index in [-0.39, 0.29) is 24.3 Å². The van der Waals surface area contributed by atoms with Crippen LogP contribution in [0, 0.1) is 0 Å². The van der Waals surface area contributed by atoms with Crippen molar-refractivity contribution in [2.45, 2.75) is 44.1 Å². The van der Waals surface area contributed by atoms with E-state index in [1.54, 1.807) is 24.3 Å². The maximum absolute atomic E-state index is 12.6. The van der Waals surface area contributed by atoms with E-state index in [4.69, 9.17) is 9.47 Å². The van der Waals surface area contributed by atoms with Gasteiger partial charge in [0.2, 0.25) is 18.0 Å². The summed E-state index contributed by atoms with van der Waals surface area (Å²) in [6.45, 7) is 1.17. The van der Waals surface area contributed by atoms with E-state index in [0.717, 1.165) is 19.4 Å². The lowest BCUT2D eigenvalue weighted by atomic mass is 10.1. The Kier molecular flexibility index (Phi) is 4.17. The fourth-order valence-corrected chi connectivity index (χ4v) is 3.72. The lowest BCUT2D eigenvalue weighted by Crippen LogP contribution is -2.47. The number of hydrogen-bond donors (Lipinski definition) is 1. The lowest BCUT2D eigenvalue weighted by Gasteiger charge is -2.29. The van der Waals surface area contributed by atoms with Crippen LogP contribution >= 0.6 is 0 Å². The first-order valence-electron chi connectivity index (χ1n) is 8.65. The van der Waals surface area contributed by atoms with Crippen molar-refractivity contribution in [3.05, 3.63) is 35.4 Å². The van der Waals surface area contributed by atoms with E-state index in [9.17, 15) is 14.4 Å². The number of rotatable bonds is 4. The van der Waals surface area contributed by atoms with E-state index >= 15 is 0 Å². The van der Waals surface area contributed by atoms with E-state index in [1.807, 2.05) is 0 Å². The Hall–Kier alpha value is -2.41. The van der Waals surface area contributed by atoms with Gasteiger partial charge in [-0.05, 0) is 25.3 Å². The van der Waals surface area contributed by atoms with Crippen molar-refractivity contribution in [3.63, 3.8) is 0 Å². The fourth-order valence-electron chi connectivity index (χ4n) is 3.72. The molecule has 7 heteroatoms. The average Bonchev–Trinajstić information content (AvgIpc) is 3.33. The lowest BCUT2D eigenvalue weighted by molar-refractivity contribution is -0.145. The molecule has 7 nitrogen and oxygen atoms in total. The van der Waals surface area contributed by atoms with Gasteiger partial charge in [-0.25, -0.2) is 4.79 Å². The second kappa shape index (κ2) is 6.48. The Morgan fingerprint density at radius 1 is 1.24 bits per heavy atom.